The summed E-state index contributed by atoms with van der Waals surface area (Å²) >= 11 is 0. The second-order valence-corrected chi connectivity index (χ2v) is 4.79. The van der Waals surface area contributed by atoms with Crippen molar-refractivity contribution in [3.05, 3.63) is 64.0 Å². The molecule has 0 aliphatic rings. The number of hydrogen-bond acceptors (Lipinski definition) is 6. The lowest BCUT2D eigenvalue weighted by molar-refractivity contribution is -0.384. The van der Waals surface area contributed by atoms with Gasteiger partial charge >= 0.3 is 0 Å². The standard InChI is InChI=1S/C15H10N4O5/c16-13(20)12-11(10-5-2-6-17-15(10)24-12)18-14(21)8-3-1-4-9(7-8)19(22)23/h1-7H,(H2,16,20)(H,18,21). The van der Waals surface area contributed by atoms with E-state index < -0.39 is 16.7 Å². The molecular formula is C15H10N4O5. The Balaban J connectivity index is 2.02. The van der Waals surface area contributed by atoms with E-state index in [4.69, 9.17) is 10.2 Å². The number of nitrogens with two attached hydrogens (primary N) is 1. The number of nitrogens with zero attached hydrogens (tertiary/aromatic N) is 2. The number of pyridine rings is 1. The molecule has 0 fully saturated rings. The molecule has 0 unspecified atom stereocenters. The molecule has 120 valence electrons. The highest BCUT2D eigenvalue weighted by atomic mass is 16.6. The molecule has 24 heavy (non-hydrogen) atoms. The van der Waals surface area contributed by atoms with Crippen molar-refractivity contribution in [2.75, 3.05) is 5.32 Å². The summed E-state index contributed by atoms with van der Waals surface area (Å²) in [7, 11) is 0. The van der Waals surface area contributed by atoms with Crippen LogP contribution in [0.4, 0.5) is 11.4 Å². The van der Waals surface area contributed by atoms with Gasteiger partial charge in [-0.1, -0.05) is 6.07 Å². The molecule has 3 aromatic rings. The van der Waals surface area contributed by atoms with Crippen LogP contribution in [0.3, 0.4) is 0 Å². The number of carbonyl (C=O) groups excluding carboxylic acids is 2. The molecule has 2 aromatic heterocycles. The van der Waals surface area contributed by atoms with E-state index in [1.165, 1.54) is 24.4 Å². The average Bonchev–Trinajstić information content (AvgIpc) is 2.94. The third-order valence-corrected chi connectivity index (χ3v) is 3.25. The maximum atomic E-state index is 12.4. The van der Waals surface area contributed by atoms with E-state index in [1.54, 1.807) is 12.1 Å². The maximum Gasteiger partial charge on any atom is 0.286 e. The van der Waals surface area contributed by atoms with E-state index in [1.807, 2.05) is 0 Å². The van der Waals surface area contributed by atoms with Crippen molar-refractivity contribution in [2.45, 2.75) is 0 Å². The highest BCUT2D eigenvalue weighted by molar-refractivity contribution is 6.13. The number of aromatic nitrogens is 1. The van der Waals surface area contributed by atoms with Gasteiger partial charge in [-0.15, -0.1) is 0 Å². The smallest absolute Gasteiger partial charge is 0.286 e. The predicted octanol–water partition coefficient (Wildman–Crippen LogP) is 2.09. The topological polar surface area (TPSA) is 141 Å². The van der Waals surface area contributed by atoms with Crippen LogP contribution in [0.2, 0.25) is 0 Å². The van der Waals surface area contributed by atoms with Crippen molar-refractivity contribution in [2.24, 2.45) is 5.73 Å². The first-order valence-electron chi connectivity index (χ1n) is 6.70. The van der Waals surface area contributed by atoms with Crippen LogP contribution in [0.1, 0.15) is 20.9 Å². The first-order valence-corrected chi connectivity index (χ1v) is 6.70. The minimum atomic E-state index is -0.873. The molecule has 0 spiro atoms. The molecule has 1 aromatic carbocycles. The fraction of sp³-hybridized carbons (Fsp3) is 0. The number of nitro benzene ring substituents is 1. The number of carbonyl (C=O) groups is 2. The van der Waals surface area contributed by atoms with Gasteiger partial charge in [-0.25, -0.2) is 4.98 Å². The largest absolute Gasteiger partial charge is 0.430 e. The zero-order chi connectivity index (χ0) is 17.3. The summed E-state index contributed by atoms with van der Waals surface area (Å²) in [6.07, 6.45) is 1.46. The van der Waals surface area contributed by atoms with Crippen LogP contribution in [-0.2, 0) is 0 Å². The molecule has 3 N–H and O–H groups in total. The molecule has 2 amide bonds. The number of benzene rings is 1. The molecular weight excluding hydrogens is 316 g/mol. The van der Waals surface area contributed by atoms with Crippen LogP contribution in [0.5, 0.6) is 0 Å². The van der Waals surface area contributed by atoms with Crippen LogP contribution in [-0.4, -0.2) is 21.7 Å². The third kappa shape index (κ3) is 2.65. The van der Waals surface area contributed by atoms with Gasteiger partial charge < -0.3 is 15.5 Å². The number of primary amides is 1. The van der Waals surface area contributed by atoms with E-state index in [0.717, 1.165) is 6.07 Å². The summed E-state index contributed by atoms with van der Waals surface area (Å²) < 4.78 is 5.25. The Morgan fingerprint density at radius 3 is 2.75 bits per heavy atom. The van der Waals surface area contributed by atoms with Gasteiger partial charge in [0, 0.05) is 23.9 Å². The fourth-order valence-electron chi connectivity index (χ4n) is 2.18. The Morgan fingerprint density at radius 2 is 2.04 bits per heavy atom. The Hall–Kier alpha value is -3.75. The lowest BCUT2D eigenvalue weighted by Crippen LogP contribution is -2.17. The highest BCUT2D eigenvalue weighted by Crippen LogP contribution is 2.29. The van der Waals surface area contributed by atoms with Crippen molar-refractivity contribution in [3.8, 4) is 0 Å². The van der Waals surface area contributed by atoms with Crippen LogP contribution in [0, 0.1) is 10.1 Å². The predicted molar refractivity (Wildman–Crippen MR) is 83.6 cm³/mol. The van der Waals surface area contributed by atoms with Crippen LogP contribution in [0.15, 0.2) is 47.0 Å². The van der Waals surface area contributed by atoms with E-state index in [9.17, 15) is 19.7 Å². The van der Waals surface area contributed by atoms with Crippen LogP contribution >= 0.6 is 0 Å². The summed E-state index contributed by atoms with van der Waals surface area (Å²) in [6, 6.07) is 8.39. The molecule has 9 heteroatoms. The Labute approximate surface area is 134 Å². The monoisotopic (exact) mass is 326 g/mol. The molecule has 2 heterocycles. The third-order valence-electron chi connectivity index (χ3n) is 3.25. The summed E-state index contributed by atoms with van der Waals surface area (Å²) in [5, 5.41) is 13.7. The number of nitro groups is 1. The second kappa shape index (κ2) is 5.80. The molecule has 0 bridgehead atoms. The van der Waals surface area contributed by atoms with Gasteiger partial charge in [0.25, 0.3) is 17.5 Å². The van der Waals surface area contributed by atoms with Crippen molar-refractivity contribution in [1.82, 2.24) is 4.98 Å². The lowest BCUT2D eigenvalue weighted by Gasteiger charge is -2.04. The van der Waals surface area contributed by atoms with Crippen molar-refractivity contribution >= 4 is 34.3 Å². The zero-order valence-corrected chi connectivity index (χ0v) is 12.1. The molecule has 0 atom stereocenters. The Bertz CT molecular complexity index is 979. The number of nitrogens with one attached hydrogen (secondary N) is 1. The minimum absolute atomic E-state index is 0.0536. The summed E-state index contributed by atoms with van der Waals surface area (Å²) in [6.45, 7) is 0. The van der Waals surface area contributed by atoms with Gasteiger partial charge in [0.1, 0.15) is 5.69 Å². The first kappa shape index (κ1) is 15.2. The number of amides is 2. The molecule has 0 aliphatic carbocycles. The van der Waals surface area contributed by atoms with E-state index in [2.05, 4.69) is 10.3 Å². The second-order valence-electron chi connectivity index (χ2n) is 4.79. The van der Waals surface area contributed by atoms with E-state index in [0.29, 0.717) is 5.39 Å². The Kier molecular flexibility index (Phi) is 3.66. The van der Waals surface area contributed by atoms with Gasteiger partial charge in [-0.05, 0) is 18.2 Å². The Morgan fingerprint density at radius 1 is 1.25 bits per heavy atom. The molecule has 0 radical (unpaired) electrons. The molecule has 0 saturated heterocycles. The number of hydrogen-bond donors (Lipinski definition) is 2. The average molecular weight is 326 g/mol. The SMILES string of the molecule is NC(=O)c1oc2ncccc2c1NC(=O)c1cccc([N+](=O)[O-])c1. The lowest BCUT2D eigenvalue weighted by atomic mass is 10.1. The molecule has 0 aliphatic heterocycles. The van der Waals surface area contributed by atoms with Gasteiger partial charge in [0.2, 0.25) is 11.5 Å². The quantitative estimate of drug-likeness (QED) is 0.555. The van der Waals surface area contributed by atoms with Gasteiger partial charge in [0.15, 0.2) is 0 Å². The number of rotatable bonds is 4. The van der Waals surface area contributed by atoms with Gasteiger partial charge in [-0.2, -0.15) is 0 Å². The number of non-ortho nitro benzene ring substituents is 1. The van der Waals surface area contributed by atoms with Gasteiger partial charge in [0.05, 0.1) is 10.3 Å². The van der Waals surface area contributed by atoms with Crippen molar-refractivity contribution in [3.63, 3.8) is 0 Å². The van der Waals surface area contributed by atoms with Crippen LogP contribution < -0.4 is 11.1 Å². The van der Waals surface area contributed by atoms with E-state index in [-0.39, 0.29) is 28.4 Å². The maximum absolute atomic E-state index is 12.4. The molecule has 3 rings (SSSR count). The zero-order valence-electron chi connectivity index (χ0n) is 12.1. The minimum Gasteiger partial charge on any atom is -0.430 e. The van der Waals surface area contributed by atoms with E-state index >= 15 is 0 Å². The van der Waals surface area contributed by atoms with Crippen molar-refractivity contribution in [1.29, 1.82) is 0 Å². The molecule has 9 nitrogen and oxygen atoms in total. The number of anilines is 1. The summed E-state index contributed by atoms with van der Waals surface area (Å²) in [5.74, 6) is -1.77. The highest BCUT2D eigenvalue weighted by Gasteiger charge is 2.22. The number of furan rings is 1. The van der Waals surface area contributed by atoms with Crippen LogP contribution in [0.25, 0.3) is 11.1 Å². The fourth-order valence-corrected chi connectivity index (χ4v) is 2.18. The summed E-state index contributed by atoms with van der Waals surface area (Å²) in [5.41, 5.74) is 5.29. The summed E-state index contributed by atoms with van der Waals surface area (Å²) in [4.78, 5) is 38.0. The van der Waals surface area contributed by atoms with Crippen molar-refractivity contribution < 1.29 is 18.9 Å². The molecule has 0 saturated carbocycles. The first-order chi connectivity index (χ1) is 11.5. The number of fused-ring (bicyclic) bond motifs is 1. The van der Waals surface area contributed by atoms with Gasteiger partial charge in [-0.3, -0.25) is 19.7 Å². The normalized spacial score (nSPS) is 10.5.